The van der Waals surface area contributed by atoms with E-state index in [2.05, 4.69) is 45.2 Å². The lowest BCUT2D eigenvalue weighted by atomic mass is 10.0. The molecule has 2 aromatic rings. The van der Waals surface area contributed by atoms with Crippen LogP contribution in [0.5, 0.6) is 0 Å². The van der Waals surface area contributed by atoms with Gasteiger partial charge in [0.2, 0.25) is 0 Å². The second kappa shape index (κ2) is 16.3. The number of hydrogen-bond donors (Lipinski definition) is 0. The quantitative estimate of drug-likeness (QED) is 0.138. The SMILES string of the molecule is C[C@@H](c1ccccc1)N(C[C@@H]1CC[C@H](I)[C@@H](O[C@H]2O[C@H](CN(C(=O)C(F)(F)F)[C@@H](C)c3ccccc3)CC[C@@H]2I)O1)C(=O)C(F)(F)F. The first-order valence-electron chi connectivity index (χ1n) is 15.2. The zero-order chi connectivity index (χ0) is 34.5. The van der Waals surface area contributed by atoms with E-state index in [-0.39, 0.29) is 20.9 Å². The first-order chi connectivity index (χ1) is 22.1. The zero-order valence-electron chi connectivity index (χ0n) is 25.6. The molecule has 7 nitrogen and oxygen atoms in total. The Hall–Kier alpha value is -1.70. The molecule has 2 aromatic carbocycles. The maximum atomic E-state index is 13.6. The van der Waals surface area contributed by atoms with Crippen molar-refractivity contribution in [1.82, 2.24) is 9.80 Å². The monoisotopic (exact) mass is 896 g/mol. The molecule has 0 saturated carbocycles. The molecule has 2 aliphatic heterocycles. The van der Waals surface area contributed by atoms with Crippen LogP contribution in [0.1, 0.15) is 62.7 Å². The van der Waals surface area contributed by atoms with Crippen molar-refractivity contribution in [3.8, 4) is 0 Å². The Balaban J connectivity index is 1.46. The van der Waals surface area contributed by atoms with Gasteiger partial charge in [-0.15, -0.1) is 0 Å². The predicted octanol–water partition coefficient (Wildman–Crippen LogP) is 7.92. The highest BCUT2D eigenvalue weighted by Crippen LogP contribution is 2.36. The van der Waals surface area contributed by atoms with Gasteiger partial charge in [0.25, 0.3) is 0 Å². The Morgan fingerprint density at radius 2 is 1.04 bits per heavy atom. The number of carbonyl (C=O) groups excluding carboxylic acids is 2. The summed E-state index contributed by atoms with van der Waals surface area (Å²) in [5.41, 5.74) is 1.07. The van der Waals surface area contributed by atoms with Crippen LogP contribution in [-0.4, -0.2) is 79.7 Å². The van der Waals surface area contributed by atoms with Crippen molar-refractivity contribution in [3.05, 3.63) is 71.8 Å². The third-order valence-electron chi connectivity index (χ3n) is 8.35. The summed E-state index contributed by atoms with van der Waals surface area (Å²) in [5, 5.41) is 0. The van der Waals surface area contributed by atoms with Gasteiger partial charge in [-0.3, -0.25) is 9.59 Å². The van der Waals surface area contributed by atoms with Crippen molar-refractivity contribution in [2.75, 3.05) is 13.1 Å². The predicted molar refractivity (Wildman–Crippen MR) is 178 cm³/mol. The number of alkyl halides is 8. The molecule has 0 N–H and O–H groups in total. The van der Waals surface area contributed by atoms with Gasteiger partial charge in [0.15, 0.2) is 12.6 Å². The molecule has 0 aromatic heterocycles. The van der Waals surface area contributed by atoms with E-state index >= 15 is 0 Å². The van der Waals surface area contributed by atoms with Crippen molar-refractivity contribution in [2.45, 2.75) is 96.6 Å². The molecule has 0 bridgehead atoms. The van der Waals surface area contributed by atoms with Gasteiger partial charge in [-0.05, 0) is 50.7 Å². The summed E-state index contributed by atoms with van der Waals surface area (Å²) in [6.45, 7) is 2.40. The molecule has 15 heteroatoms. The largest absolute Gasteiger partial charge is 0.471 e. The van der Waals surface area contributed by atoms with Crippen LogP contribution in [0.25, 0.3) is 0 Å². The van der Waals surface area contributed by atoms with E-state index in [4.69, 9.17) is 14.2 Å². The number of halogens is 8. The molecular weight excluding hydrogens is 860 g/mol. The lowest BCUT2D eigenvalue weighted by Crippen LogP contribution is -2.52. The van der Waals surface area contributed by atoms with Gasteiger partial charge in [0, 0.05) is 13.1 Å². The van der Waals surface area contributed by atoms with E-state index in [1.165, 1.54) is 13.8 Å². The van der Waals surface area contributed by atoms with E-state index in [1.54, 1.807) is 60.7 Å². The summed E-state index contributed by atoms with van der Waals surface area (Å²) in [5.74, 6) is -3.94. The maximum absolute atomic E-state index is 13.6. The fraction of sp³-hybridized carbons (Fsp3) is 0.562. The summed E-state index contributed by atoms with van der Waals surface area (Å²) >= 11 is 4.25. The molecule has 260 valence electrons. The van der Waals surface area contributed by atoms with Gasteiger partial charge in [-0.25, -0.2) is 0 Å². The van der Waals surface area contributed by atoms with E-state index in [1.807, 2.05) is 0 Å². The smallest absolute Gasteiger partial charge is 0.346 e. The summed E-state index contributed by atoms with van der Waals surface area (Å²) < 4.78 is 99.9. The van der Waals surface area contributed by atoms with Crippen LogP contribution in [0.3, 0.4) is 0 Å². The number of carbonyl (C=O) groups is 2. The topological polar surface area (TPSA) is 68.3 Å². The first-order valence-corrected chi connectivity index (χ1v) is 17.6. The summed E-state index contributed by atoms with van der Waals surface area (Å²) in [6, 6.07) is 15.0. The second-order valence-corrected chi connectivity index (χ2v) is 14.9. The van der Waals surface area contributed by atoms with E-state index in [0.717, 1.165) is 9.80 Å². The summed E-state index contributed by atoms with van der Waals surface area (Å²) in [6.07, 6.45) is -11.8. The Morgan fingerprint density at radius 3 is 1.36 bits per heavy atom. The molecule has 2 heterocycles. The normalized spacial score (nSPS) is 26.7. The molecule has 2 saturated heterocycles. The zero-order valence-corrected chi connectivity index (χ0v) is 29.9. The Labute approximate surface area is 296 Å². The molecular formula is C32H36F6I2N2O5. The van der Waals surface area contributed by atoms with Crippen molar-refractivity contribution in [1.29, 1.82) is 0 Å². The van der Waals surface area contributed by atoms with Crippen LogP contribution in [0, 0.1) is 0 Å². The maximum Gasteiger partial charge on any atom is 0.471 e. The van der Waals surface area contributed by atoms with Crippen molar-refractivity contribution in [2.24, 2.45) is 0 Å². The Morgan fingerprint density at radius 1 is 0.702 bits per heavy atom. The average molecular weight is 896 g/mol. The molecule has 47 heavy (non-hydrogen) atoms. The van der Waals surface area contributed by atoms with Crippen LogP contribution in [0.4, 0.5) is 26.3 Å². The number of rotatable bonds is 10. The van der Waals surface area contributed by atoms with Crippen LogP contribution in [0.2, 0.25) is 0 Å². The van der Waals surface area contributed by atoms with Gasteiger partial charge >= 0.3 is 24.2 Å². The molecule has 2 amide bonds. The van der Waals surface area contributed by atoms with Crippen molar-refractivity contribution >= 4 is 57.0 Å². The highest BCUT2D eigenvalue weighted by Gasteiger charge is 2.47. The Kier molecular flexibility index (Phi) is 13.2. The van der Waals surface area contributed by atoms with Gasteiger partial charge in [-0.2, -0.15) is 26.3 Å². The highest BCUT2D eigenvalue weighted by molar-refractivity contribution is 14.1. The van der Waals surface area contributed by atoms with Crippen LogP contribution in [-0.2, 0) is 23.8 Å². The average Bonchev–Trinajstić information content (AvgIpc) is 3.04. The lowest BCUT2D eigenvalue weighted by molar-refractivity contribution is -0.285. The van der Waals surface area contributed by atoms with Gasteiger partial charge in [0.1, 0.15) is 0 Å². The highest BCUT2D eigenvalue weighted by atomic mass is 127. The van der Waals surface area contributed by atoms with Crippen LogP contribution >= 0.6 is 45.2 Å². The van der Waals surface area contributed by atoms with Crippen molar-refractivity contribution in [3.63, 3.8) is 0 Å². The molecule has 8 atom stereocenters. The van der Waals surface area contributed by atoms with E-state index in [9.17, 15) is 35.9 Å². The standard InChI is InChI=1S/C32H36F6I2N2O5/c1-19(21-9-5-3-6-10-21)41(29(43)31(33,34)35)17-23-13-15-25(39)27(45-23)47-28-26(40)16-14-24(46-28)18-42(30(44)32(36,37)38)20(2)22-11-7-4-8-12-22/h3-12,19-20,23-28H,13-18H2,1-2H3/t19-,20-,23-,24-,25-,26-,27+,28+/m0/s1. The third kappa shape index (κ3) is 10.2. The third-order valence-corrected chi connectivity index (χ3v) is 10.8. The fourth-order valence-electron chi connectivity index (χ4n) is 5.71. The number of amides is 2. The number of benzene rings is 2. The molecule has 0 unspecified atom stereocenters. The molecule has 2 fully saturated rings. The molecule has 0 radical (unpaired) electrons. The summed E-state index contributed by atoms with van der Waals surface area (Å²) in [4.78, 5) is 26.6. The second-order valence-electron chi connectivity index (χ2n) is 11.7. The van der Waals surface area contributed by atoms with Gasteiger partial charge in [-0.1, -0.05) is 106 Å². The van der Waals surface area contributed by atoms with Crippen molar-refractivity contribution < 1.29 is 50.1 Å². The van der Waals surface area contributed by atoms with Crippen LogP contribution in [0.15, 0.2) is 60.7 Å². The fourth-order valence-corrected chi connectivity index (χ4v) is 7.10. The minimum atomic E-state index is -5.09. The number of hydrogen-bond acceptors (Lipinski definition) is 5. The first kappa shape index (κ1) is 38.1. The summed E-state index contributed by atoms with van der Waals surface area (Å²) in [7, 11) is 0. The molecule has 2 aliphatic rings. The lowest BCUT2D eigenvalue weighted by Gasteiger charge is -2.42. The molecule has 0 spiro atoms. The van der Waals surface area contributed by atoms with E-state index < -0.39 is 61.0 Å². The number of nitrogens with zero attached hydrogens (tertiary/aromatic N) is 2. The minimum absolute atomic E-state index is 0.212. The van der Waals surface area contributed by atoms with Gasteiger partial charge < -0.3 is 24.0 Å². The van der Waals surface area contributed by atoms with Crippen LogP contribution < -0.4 is 0 Å². The number of ether oxygens (including phenoxy) is 3. The molecule has 4 rings (SSSR count). The Bertz CT molecular complexity index is 1220. The van der Waals surface area contributed by atoms with Gasteiger partial charge in [0.05, 0.1) is 32.1 Å². The molecule has 0 aliphatic carbocycles. The van der Waals surface area contributed by atoms with E-state index in [0.29, 0.717) is 36.8 Å². The minimum Gasteiger partial charge on any atom is -0.346 e.